The third-order valence-electron chi connectivity index (χ3n) is 1.95. The minimum atomic E-state index is -3.83. The number of benzene rings is 1. The fourth-order valence-corrected chi connectivity index (χ4v) is 3.25. The highest BCUT2D eigenvalue weighted by Crippen LogP contribution is 2.22. The molecule has 0 aliphatic carbocycles. The van der Waals surface area contributed by atoms with Crippen molar-refractivity contribution in [3.63, 3.8) is 0 Å². The van der Waals surface area contributed by atoms with Crippen LogP contribution in [0.2, 0.25) is 5.02 Å². The van der Waals surface area contributed by atoms with Crippen molar-refractivity contribution in [2.75, 3.05) is 4.72 Å². The zero-order valence-electron chi connectivity index (χ0n) is 9.02. The molecule has 0 aliphatic rings. The van der Waals surface area contributed by atoms with Gasteiger partial charge in [-0.15, -0.1) is 10.2 Å². The minimum Gasteiger partial charge on any atom is -0.253 e. The van der Waals surface area contributed by atoms with E-state index in [9.17, 15) is 12.8 Å². The molecule has 1 aromatic heterocycles. The number of nitrogens with zero attached hydrogens (tertiary/aromatic N) is 2. The van der Waals surface area contributed by atoms with Gasteiger partial charge in [-0.1, -0.05) is 22.9 Å². The van der Waals surface area contributed by atoms with Gasteiger partial charge < -0.3 is 0 Å². The van der Waals surface area contributed by atoms with Gasteiger partial charge in [0.2, 0.25) is 5.13 Å². The molecule has 0 spiro atoms. The summed E-state index contributed by atoms with van der Waals surface area (Å²) in [5, 5.41) is 7.84. The van der Waals surface area contributed by atoms with E-state index in [0.717, 1.165) is 29.5 Å². The summed E-state index contributed by atoms with van der Waals surface area (Å²) >= 11 is 6.63. The average molecular weight is 308 g/mol. The fraction of sp³-hybridized carbons (Fsp3) is 0.111. The summed E-state index contributed by atoms with van der Waals surface area (Å²) in [7, 11) is -3.83. The molecule has 0 fully saturated rings. The molecule has 1 aromatic carbocycles. The SMILES string of the molecule is Cc1nnc(NS(=O)(=O)c2ccc(F)c(Cl)c2)s1. The first-order valence-electron chi connectivity index (χ1n) is 4.66. The van der Waals surface area contributed by atoms with Crippen LogP contribution in [0, 0.1) is 12.7 Å². The molecule has 9 heteroatoms. The number of halogens is 2. The van der Waals surface area contributed by atoms with E-state index in [1.807, 2.05) is 0 Å². The molecule has 2 rings (SSSR count). The Bertz CT molecular complexity index is 687. The van der Waals surface area contributed by atoms with Gasteiger partial charge in [0.25, 0.3) is 10.0 Å². The first kappa shape index (κ1) is 13.2. The van der Waals surface area contributed by atoms with Crippen molar-refractivity contribution in [2.45, 2.75) is 11.8 Å². The topological polar surface area (TPSA) is 72.0 Å². The predicted molar refractivity (Wildman–Crippen MR) is 66.9 cm³/mol. The number of hydrogen-bond donors (Lipinski definition) is 1. The lowest BCUT2D eigenvalue weighted by Crippen LogP contribution is -2.12. The molecule has 0 atom stereocenters. The number of sulfonamides is 1. The Labute approximate surface area is 112 Å². The quantitative estimate of drug-likeness (QED) is 0.945. The lowest BCUT2D eigenvalue weighted by atomic mass is 10.3. The van der Waals surface area contributed by atoms with E-state index in [4.69, 9.17) is 11.6 Å². The van der Waals surface area contributed by atoms with Crippen molar-refractivity contribution in [1.82, 2.24) is 10.2 Å². The van der Waals surface area contributed by atoms with Gasteiger partial charge in [0.15, 0.2) is 0 Å². The van der Waals surface area contributed by atoms with Gasteiger partial charge in [0.1, 0.15) is 10.8 Å². The number of anilines is 1. The number of hydrogen-bond acceptors (Lipinski definition) is 5. The standard InChI is InChI=1S/C9H7ClFN3O2S2/c1-5-12-13-9(17-5)14-18(15,16)6-2-3-8(11)7(10)4-6/h2-4H,1H3,(H,13,14). The summed E-state index contributed by atoms with van der Waals surface area (Å²) in [5.74, 6) is -0.678. The summed E-state index contributed by atoms with van der Waals surface area (Å²) < 4.78 is 39.0. The van der Waals surface area contributed by atoms with E-state index in [2.05, 4.69) is 14.9 Å². The third-order valence-corrected chi connectivity index (χ3v) is 4.46. The van der Waals surface area contributed by atoms with Gasteiger partial charge in [-0.25, -0.2) is 12.8 Å². The monoisotopic (exact) mass is 307 g/mol. The highest BCUT2D eigenvalue weighted by molar-refractivity contribution is 7.93. The van der Waals surface area contributed by atoms with E-state index < -0.39 is 15.8 Å². The van der Waals surface area contributed by atoms with E-state index >= 15 is 0 Å². The van der Waals surface area contributed by atoms with Gasteiger partial charge in [0.05, 0.1) is 9.92 Å². The van der Waals surface area contributed by atoms with Crippen LogP contribution in [0.1, 0.15) is 5.01 Å². The fourth-order valence-electron chi connectivity index (χ4n) is 1.16. The molecule has 96 valence electrons. The lowest BCUT2D eigenvalue weighted by molar-refractivity contribution is 0.599. The molecule has 0 aliphatic heterocycles. The minimum absolute atomic E-state index is 0.137. The van der Waals surface area contributed by atoms with E-state index in [1.54, 1.807) is 6.92 Å². The maximum Gasteiger partial charge on any atom is 0.263 e. The van der Waals surface area contributed by atoms with Crippen LogP contribution in [0.3, 0.4) is 0 Å². The number of rotatable bonds is 3. The maximum absolute atomic E-state index is 12.9. The Hall–Kier alpha value is -1.25. The largest absolute Gasteiger partial charge is 0.263 e. The van der Waals surface area contributed by atoms with E-state index in [-0.39, 0.29) is 15.0 Å². The molecular weight excluding hydrogens is 301 g/mol. The van der Waals surface area contributed by atoms with Crippen LogP contribution in [0.5, 0.6) is 0 Å². The lowest BCUT2D eigenvalue weighted by Gasteiger charge is -2.05. The zero-order valence-corrected chi connectivity index (χ0v) is 11.4. The van der Waals surface area contributed by atoms with Gasteiger partial charge in [-0.3, -0.25) is 4.72 Å². The van der Waals surface area contributed by atoms with Crippen LogP contribution in [0.15, 0.2) is 23.1 Å². The summed E-state index contributed by atoms with van der Waals surface area (Å²) in [6, 6.07) is 3.15. The molecule has 0 amide bonds. The van der Waals surface area contributed by atoms with Gasteiger partial charge in [0, 0.05) is 0 Å². The molecule has 2 aromatic rings. The Kier molecular flexibility index (Phi) is 3.51. The van der Waals surface area contributed by atoms with E-state index in [0.29, 0.717) is 5.01 Å². The number of aromatic nitrogens is 2. The molecule has 18 heavy (non-hydrogen) atoms. The van der Waals surface area contributed by atoms with Gasteiger partial charge in [-0.2, -0.15) is 0 Å². The van der Waals surface area contributed by atoms with Crippen molar-refractivity contribution >= 4 is 38.1 Å². The molecule has 0 radical (unpaired) electrons. The molecule has 1 N–H and O–H groups in total. The van der Waals surface area contributed by atoms with Crippen LogP contribution < -0.4 is 4.72 Å². The number of nitrogens with one attached hydrogen (secondary N) is 1. The summed E-state index contributed by atoms with van der Waals surface area (Å²) in [6.45, 7) is 1.70. The Balaban J connectivity index is 2.33. The second kappa shape index (κ2) is 4.79. The highest BCUT2D eigenvalue weighted by atomic mass is 35.5. The summed E-state index contributed by atoms with van der Waals surface area (Å²) in [5.41, 5.74) is 0. The molecule has 0 saturated heterocycles. The first-order valence-corrected chi connectivity index (χ1v) is 7.34. The van der Waals surface area contributed by atoms with E-state index in [1.165, 1.54) is 0 Å². The van der Waals surface area contributed by atoms with Crippen molar-refractivity contribution in [2.24, 2.45) is 0 Å². The molecule has 0 saturated carbocycles. The second-order valence-corrected chi connectivity index (χ2v) is 6.58. The average Bonchev–Trinajstić information content (AvgIpc) is 2.67. The van der Waals surface area contributed by atoms with Gasteiger partial charge in [-0.05, 0) is 25.1 Å². The maximum atomic E-state index is 12.9. The second-order valence-electron chi connectivity index (χ2n) is 3.31. The van der Waals surface area contributed by atoms with Gasteiger partial charge >= 0.3 is 0 Å². The molecule has 0 unspecified atom stereocenters. The molecule has 1 heterocycles. The summed E-state index contributed by atoms with van der Waals surface area (Å²) in [6.07, 6.45) is 0. The van der Waals surface area contributed by atoms with Crippen molar-refractivity contribution in [3.8, 4) is 0 Å². The van der Waals surface area contributed by atoms with Crippen LogP contribution in [-0.4, -0.2) is 18.6 Å². The normalized spacial score (nSPS) is 11.5. The summed E-state index contributed by atoms with van der Waals surface area (Å²) in [4.78, 5) is -0.137. The Morgan fingerprint density at radius 3 is 2.67 bits per heavy atom. The van der Waals surface area contributed by atoms with Crippen LogP contribution in [0.4, 0.5) is 9.52 Å². The van der Waals surface area contributed by atoms with Crippen LogP contribution in [0.25, 0.3) is 0 Å². The van der Waals surface area contributed by atoms with Crippen molar-refractivity contribution in [1.29, 1.82) is 0 Å². The van der Waals surface area contributed by atoms with Crippen molar-refractivity contribution < 1.29 is 12.8 Å². The van der Waals surface area contributed by atoms with Crippen LogP contribution >= 0.6 is 22.9 Å². The Morgan fingerprint density at radius 2 is 2.11 bits per heavy atom. The Morgan fingerprint density at radius 1 is 1.39 bits per heavy atom. The highest BCUT2D eigenvalue weighted by Gasteiger charge is 2.17. The first-order chi connectivity index (χ1) is 8.38. The molecule has 0 bridgehead atoms. The number of aryl methyl sites for hydroxylation is 1. The van der Waals surface area contributed by atoms with Crippen molar-refractivity contribution in [3.05, 3.63) is 34.0 Å². The smallest absolute Gasteiger partial charge is 0.253 e. The van der Waals surface area contributed by atoms with Crippen LogP contribution in [-0.2, 0) is 10.0 Å². The molecule has 5 nitrogen and oxygen atoms in total. The molecular formula is C9H7ClFN3O2S2. The predicted octanol–water partition coefficient (Wildman–Crippen LogP) is 2.44. The third kappa shape index (κ3) is 2.77. The zero-order chi connectivity index (χ0) is 13.3.